The number of anilines is 3. The molecule has 2 aromatic rings. The van der Waals surface area contributed by atoms with Crippen LogP contribution in [0.4, 0.5) is 17.3 Å². The van der Waals surface area contributed by atoms with E-state index in [9.17, 15) is 0 Å². The maximum absolute atomic E-state index is 4.35. The molecule has 2 rings (SSSR count). The van der Waals surface area contributed by atoms with E-state index in [2.05, 4.69) is 46.2 Å². The normalized spacial score (nSPS) is 10.2. The first-order chi connectivity index (χ1) is 8.76. The maximum atomic E-state index is 4.35. The van der Waals surface area contributed by atoms with Crippen LogP contribution in [0.15, 0.2) is 36.7 Å². The largest absolute Gasteiger partial charge is 0.373 e. The van der Waals surface area contributed by atoms with Crippen molar-refractivity contribution in [3.05, 3.63) is 42.2 Å². The highest BCUT2D eigenvalue weighted by Gasteiger charge is 2.11. The fraction of sp³-hybridized carbons (Fsp3) is 0.286. The summed E-state index contributed by atoms with van der Waals surface area (Å²) in [7, 11) is 1.86. The molecule has 0 atom stereocenters. The number of benzene rings is 1. The Kier molecular flexibility index (Phi) is 3.77. The molecule has 0 bridgehead atoms. The molecule has 0 aliphatic rings. The van der Waals surface area contributed by atoms with E-state index in [4.69, 9.17) is 0 Å². The van der Waals surface area contributed by atoms with Crippen molar-refractivity contribution in [1.29, 1.82) is 0 Å². The Morgan fingerprint density at radius 1 is 1.22 bits per heavy atom. The average molecular weight is 242 g/mol. The summed E-state index contributed by atoms with van der Waals surface area (Å²) >= 11 is 0. The molecule has 0 saturated heterocycles. The molecule has 0 saturated carbocycles. The molecule has 0 spiro atoms. The van der Waals surface area contributed by atoms with Crippen LogP contribution in [0.5, 0.6) is 0 Å². The topological polar surface area (TPSA) is 41.0 Å². The summed E-state index contributed by atoms with van der Waals surface area (Å²) in [6.45, 7) is 5.09. The second-order valence-corrected chi connectivity index (χ2v) is 4.04. The SMILES string of the molecule is CCN(c1cc(NC)ncn1)c1ccccc1C. The minimum absolute atomic E-state index is 0.826. The fourth-order valence-electron chi connectivity index (χ4n) is 1.95. The van der Waals surface area contributed by atoms with Gasteiger partial charge in [0.05, 0.1) is 0 Å². The summed E-state index contributed by atoms with van der Waals surface area (Å²) in [5, 5.41) is 3.03. The van der Waals surface area contributed by atoms with Gasteiger partial charge in [-0.25, -0.2) is 9.97 Å². The molecule has 1 heterocycles. The van der Waals surface area contributed by atoms with Crippen molar-refractivity contribution in [2.24, 2.45) is 0 Å². The molecule has 18 heavy (non-hydrogen) atoms. The first-order valence-corrected chi connectivity index (χ1v) is 6.09. The molecule has 0 aliphatic carbocycles. The van der Waals surface area contributed by atoms with Crippen molar-refractivity contribution in [3.8, 4) is 0 Å². The highest BCUT2D eigenvalue weighted by atomic mass is 15.2. The number of hydrogen-bond donors (Lipinski definition) is 1. The van der Waals surface area contributed by atoms with Crippen LogP contribution >= 0.6 is 0 Å². The standard InChI is InChI=1S/C14H18N4/c1-4-18(12-8-6-5-7-11(12)2)14-9-13(15-3)16-10-17-14/h5-10H,4H2,1-3H3,(H,15,16,17). The molecule has 1 N–H and O–H groups in total. The summed E-state index contributed by atoms with van der Waals surface area (Å²) in [6.07, 6.45) is 1.59. The number of rotatable bonds is 4. The van der Waals surface area contributed by atoms with Crippen LogP contribution in [-0.2, 0) is 0 Å². The average Bonchev–Trinajstić information content (AvgIpc) is 2.42. The minimum atomic E-state index is 0.826. The molecule has 4 nitrogen and oxygen atoms in total. The Bertz CT molecular complexity index is 525. The number of nitrogens with one attached hydrogen (secondary N) is 1. The van der Waals surface area contributed by atoms with Crippen LogP contribution in [0.1, 0.15) is 12.5 Å². The van der Waals surface area contributed by atoms with Crippen LogP contribution in [0.2, 0.25) is 0 Å². The van der Waals surface area contributed by atoms with Gasteiger partial charge in [-0.3, -0.25) is 0 Å². The molecule has 0 aliphatic heterocycles. The molecule has 0 unspecified atom stereocenters. The van der Waals surface area contributed by atoms with Gasteiger partial charge in [0.2, 0.25) is 0 Å². The van der Waals surface area contributed by atoms with Gasteiger partial charge in [0.15, 0.2) is 0 Å². The third-order valence-corrected chi connectivity index (χ3v) is 2.91. The molecule has 4 heteroatoms. The Balaban J connectivity index is 2.42. The van der Waals surface area contributed by atoms with Gasteiger partial charge in [-0.2, -0.15) is 0 Å². The van der Waals surface area contributed by atoms with E-state index >= 15 is 0 Å². The van der Waals surface area contributed by atoms with Gasteiger partial charge in [0.25, 0.3) is 0 Å². The third-order valence-electron chi connectivity index (χ3n) is 2.91. The molecule has 94 valence electrons. The van der Waals surface area contributed by atoms with Gasteiger partial charge in [-0.1, -0.05) is 18.2 Å². The first-order valence-electron chi connectivity index (χ1n) is 6.09. The van der Waals surface area contributed by atoms with E-state index in [1.165, 1.54) is 11.3 Å². The zero-order chi connectivity index (χ0) is 13.0. The maximum Gasteiger partial charge on any atom is 0.138 e. The fourth-order valence-corrected chi connectivity index (χ4v) is 1.95. The second kappa shape index (κ2) is 5.49. The predicted octanol–water partition coefficient (Wildman–Crippen LogP) is 2.98. The van der Waals surface area contributed by atoms with Gasteiger partial charge in [-0.05, 0) is 25.5 Å². The molecule has 1 aromatic carbocycles. The summed E-state index contributed by atoms with van der Waals surface area (Å²) in [5.74, 6) is 1.73. The zero-order valence-electron chi connectivity index (χ0n) is 11.0. The van der Waals surface area contributed by atoms with E-state index < -0.39 is 0 Å². The highest BCUT2D eigenvalue weighted by molar-refractivity contribution is 5.65. The van der Waals surface area contributed by atoms with Crippen LogP contribution in [-0.4, -0.2) is 23.6 Å². The van der Waals surface area contributed by atoms with Crippen LogP contribution in [0.3, 0.4) is 0 Å². The lowest BCUT2D eigenvalue weighted by molar-refractivity contribution is 0.970. The summed E-state index contributed by atoms with van der Waals surface area (Å²) < 4.78 is 0. The Hall–Kier alpha value is -2.10. The molecule has 0 radical (unpaired) electrons. The summed E-state index contributed by atoms with van der Waals surface area (Å²) in [5.41, 5.74) is 2.42. The van der Waals surface area contributed by atoms with Crippen molar-refractivity contribution >= 4 is 17.3 Å². The monoisotopic (exact) mass is 242 g/mol. The Morgan fingerprint density at radius 3 is 2.67 bits per heavy atom. The quantitative estimate of drug-likeness (QED) is 0.895. The van der Waals surface area contributed by atoms with Gasteiger partial charge in [0.1, 0.15) is 18.0 Å². The minimum Gasteiger partial charge on any atom is -0.373 e. The molecule has 1 aromatic heterocycles. The summed E-state index contributed by atoms with van der Waals surface area (Å²) in [6, 6.07) is 10.3. The number of hydrogen-bond acceptors (Lipinski definition) is 4. The van der Waals surface area contributed by atoms with Gasteiger partial charge < -0.3 is 10.2 Å². The van der Waals surface area contributed by atoms with Crippen molar-refractivity contribution in [2.75, 3.05) is 23.8 Å². The molecular weight excluding hydrogens is 224 g/mol. The summed E-state index contributed by atoms with van der Waals surface area (Å²) in [4.78, 5) is 10.7. The Morgan fingerprint density at radius 2 is 2.00 bits per heavy atom. The zero-order valence-corrected chi connectivity index (χ0v) is 11.0. The van der Waals surface area contributed by atoms with Crippen LogP contribution < -0.4 is 10.2 Å². The van der Waals surface area contributed by atoms with E-state index in [0.717, 1.165) is 18.2 Å². The van der Waals surface area contributed by atoms with Gasteiger partial charge in [0, 0.05) is 25.3 Å². The lowest BCUT2D eigenvalue weighted by Gasteiger charge is -2.24. The van der Waals surface area contributed by atoms with Gasteiger partial charge in [-0.15, -0.1) is 0 Å². The van der Waals surface area contributed by atoms with Crippen molar-refractivity contribution in [2.45, 2.75) is 13.8 Å². The highest BCUT2D eigenvalue weighted by Crippen LogP contribution is 2.26. The number of aryl methyl sites for hydroxylation is 1. The second-order valence-electron chi connectivity index (χ2n) is 4.04. The van der Waals surface area contributed by atoms with E-state index in [1.54, 1.807) is 6.33 Å². The lowest BCUT2D eigenvalue weighted by atomic mass is 10.2. The van der Waals surface area contributed by atoms with Crippen molar-refractivity contribution in [3.63, 3.8) is 0 Å². The molecule has 0 fully saturated rings. The lowest BCUT2D eigenvalue weighted by Crippen LogP contribution is -2.18. The van der Waals surface area contributed by atoms with Gasteiger partial charge >= 0.3 is 0 Å². The van der Waals surface area contributed by atoms with E-state index in [1.807, 2.05) is 25.2 Å². The van der Waals surface area contributed by atoms with E-state index in [-0.39, 0.29) is 0 Å². The van der Waals surface area contributed by atoms with Crippen molar-refractivity contribution in [1.82, 2.24) is 9.97 Å². The Labute approximate surface area is 108 Å². The van der Waals surface area contributed by atoms with Crippen molar-refractivity contribution < 1.29 is 0 Å². The molecule has 0 amide bonds. The third kappa shape index (κ3) is 2.42. The predicted molar refractivity (Wildman–Crippen MR) is 75.4 cm³/mol. The van der Waals surface area contributed by atoms with Crippen LogP contribution in [0, 0.1) is 6.92 Å². The smallest absolute Gasteiger partial charge is 0.138 e. The van der Waals surface area contributed by atoms with Crippen LogP contribution in [0.25, 0.3) is 0 Å². The van der Waals surface area contributed by atoms with E-state index in [0.29, 0.717) is 0 Å². The first kappa shape index (κ1) is 12.4. The number of para-hydroxylation sites is 1. The number of aromatic nitrogens is 2. The molecular formula is C14H18N4. The number of nitrogens with zero attached hydrogens (tertiary/aromatic N) is 3.